The van der Waals surface area contributed by atoms with Crippen LogP contribution in [0.25, 0.3) is 0 Å². The zero-order valence-corrected chi connectivity index (χ0v) is 10.0. The molecular weight excluding hydrogens is 198 g/mol. The van der Waals surface area contributed by atoms with E-state index in [0.717, 1.165) is 13.0 Å². The highest BCUT2D eigenvalue weighted by molar-refractivity contribution is 5.09. The maximum absolute atomic E-state index is 4.03. The summed E-state index contributed by atoms with van der Waals surface area (Å²) >= 11 is 0. The lowest BCUT2D eigenvalue weighted by Gasteiger charge is -2.20. The number of hydrogen-bond donors (Lipinski definition) is 1. The molecule has 3 heteroatoms. The standard InChI is InChI=1S/C13H21N3/c1-16(11-13-3-2-7-15-13)10-6-12-4-8-14-9-5-12/h4-5,8-9,13,15H,2-3,6-7,10-11H2,1H3. The maximum atomic E-state index is 4.03. The van der Waals surface area contributed by atoms with Gasteiger partial charge in [0, 0.05) is 31.5 Å². The molecule has 0 radical (unpaired) electrons. The van der Waals surface area contributed by atoms with Crippen molar-refractivity contribution in [1.82, 2.24) is 15.2 Å². The van der Waals surface area contributed by atoms with Gasteiger partial charge in [-0.15, -0.1) is 0 Å². The fourth-order valence-corrected chi connectivity index (χ4v) is 2.25. The summed E-state index contributed by atoms with van der Waals surface area (Å²) in [5.41, 5.74) is 1.38. The van der Waals surface area contributed by atoms with Gasteiger partial charge in [-0.1, -0.05) is 0 Å². The second-order valence-electron chi connectivity index (χ2n) is 4.66. The van der Waals surface area contributed by atoms with Crippen LogP contribution >= 0.6 is 0 Å². The van der Waals surface area contributed by atoms with Crippen LogP contribution in [-0.2, 0) is 6.42 Å². The summed E-state index contributed by atoms with van der Waals surface area (Å²) in [7, 11) is 2.21. The van der Waals surface area contributed by atoms with E-state index in [9.17, 15) is 0 Å². The lowest BCUT2D eigenvalue weighted by molar-refractivity contribution is 0.303. The topological polar surface area (TPSA) is 28.2 Å². The van der Waals surface area contributed by atoms with Gasteiger partial charge in [-0.05, 0) is 50.6 Å². The predicted octanol–water partition coefficient (Wildman–Crippen LogP) is 1.31. The highest BCUT2D eigenvalue weighted by Gasteiger charge is 2.15. The van der Waals surface area contributed by atoms with Crippen LogP contribution in [-0.4, -0.2) is 42.6 Å². The quantitative estimate of drug-likeness (QED) is 0.809. The smallest absolute Gasteiger partial charge is 0.0270 e. The zero-order chi connectivity index (χ0) is 11.2. The molecule has 2 heterocycles. The number of nitrogens with zero attached hydrogens (tertiary/aromatic N) is 2. The molecule has 0 aromatic carbocycles. The number of pyridine rings is 1. The molecule has 2 rings (SSSR count). The van der Waals surface area contributed by atoms with E-state index in [1.807, 2.05) is 12.4 Å². The summed E-state index contributed by atoms with van der Waals surface area (Å²) in [6, 6.07) is 4.91. The van der Waals surface area contributed by atoms with Gasteiger partial charge in [-0.25, -0.2) is 0 Å². The van der Waals surface area contributed by atoms with Crippen molar-refractivity contribution in [3.05, 3.63) is 30.1 Å². The van der Waals surface area contributed by atoms with Crippen molar-refractivity contribution in [3.63, 3.8) is 0 Å². The van der Waals surface area contributed by atoms with Gasteiger partial charge < -0.3 is 10.2 Å². The Morgan fingerprint density at radius 2 is 2.25 bits per heavy atom. The summed E-state index contributed by atoms with van der Waals surface area (Å²) in [4.78, 5) is 6.45. The Morgan fingerprint density at radius 1 is 1.44 bits per heavy atom. The van der Waals surface area contributed by atoms with Gasteiger partial charge in [0.25, 0.3) is 0 Å². The minimum Gasteiger partial charge on any atom is -0.313 e. The summed E-state index contributed by atoms with van der Waals surface area (Å²) < 4.78 is 0. The Labute approximate surface area is 97.9 Å². The van der Waals surface area contributed by atoms with Crippen LogP contribution in [0.4, 0.5) is 0 Å². The molecule has 0 spiro atoms. The van der Waals surface area contributed by atoms with E-state index in [4.69, 9.17) is 0 Å². The molecule has 0 amide bonds. The first kappa shape index (κ1) is 11.6. The van der Waals surface area contributed by atoms with Gasteiger partial charge in [0.05, 0.1) is 0 Å². The third-order valence-electron chi connectivity index (χ3n) is 3.23. The largest absolute Gasteiger partial charge is 0.313 e. The number of aromatic nitrogens is 1. The Hall–Kier alpha value is -0.930. The van der Waals surface area contributed by atoms with Crippen molar-refractivity contribution in [2.75, 3.05) is 26.7 Å². The Bertz CT molecular complexity index is 293. The van der Waals surface area contributed by atoms with Gasteiger partial charge in [0.2, 0.25) is 0 Å². The molecule has 1 atom stereocenters. The van der Waals surface area contributed by atoms with E-state index in [0.29, 0.717) is 6.04 Å². The first-order chi connectivity index (χ1) is 7.84. The Kier molecular flexibility index (Phi) is 4.31. The molecule has 0 bridgehead atoms. The molecule has 0 aliphatic carbocycles. The third-order valence-corrected chi connectivity index (χ3v) is 3.23. The third kappa shape index (κ3) is 3.58. The molecule has 3 nitrogen and oxygen atoms in total. The van der Waals surface area contributed by atoms with Crippen molar-refractivity contribution in [1.29, 1.82) is 0 Å². The van der Waals surface area contributed by atoms with Crippen LogP contribution in [0, 0.1) is 0 Å². The van der Waals surface area contributed by atoms with Crippen LogP contribution < -0.4 is 5.32 Å². The van der Waals surface area contributed by atoms with Gasteiger partial charge in [-0.2, -0.15) is 0 Å². The van der Waals surface area contributed by atoms with Crippen LogP contribution in [0.15, 0.2) is 24.5 Å². The highest BCUT2D eigenvalue weighted by Crippen LogP contribution is 2.06. The number of nitrogens with one attached hydrogen (secondary N) is 1. The summed E-state index contributed by atoms with van der Waals surface area (Å²) in [5.74, 6) is 0. The second kappa shape index (κ2) is 5.97. The van der Waals surface area contributed by atoms with Crippen LogP contribution in [0.2, 0.25) is 0 Å². The van der Waals surface area contributed by atoms with Gasteiger partial charge in [-0.3, -0.25) is 4.98 Å². The minimum atomic E-state index is 0.711. The van der Waals surface area contributed by atoms with E-state index >= 15 is 0 Å². The van der Waals surface area contributed by atoms with Gasteiger partial charge in [0.15, 0.2) is 0 Å². The first-order valence-electron chi connectivity index (χ1n) is 6.15. The van der Waals surface area contributed by atoms with E-state index in [1.54, 1.807) is 0 Å². The van der Waals surface area contributed by atoms with Crippen molar-refractivity contribution in [3.8, 4) is 0 Å². The normalized spacial score (nSPS) is 20.5. The highest BCUT2D eigenvalue weighted by atomic mass is 15.1. The molecule has 1 aliphatic rings. The van der Waals surface area contributed by atoms with E-state index in [2.05, 4.69) is 34.4 Å². The molecule has 1 aromatic rings. The van der Waals surface area contributed by atoms with Crippen molar-refractivity contribution >= 4 is 0 Å². The maximum Gasteiger partial charge on any atom is 0.0270 e. The lowest BCUT2D eigenvalue weighted by Crippen LogP contribution is -2.36. The van der Waals surface area contributed by atoms with E-state index in [-0.39, 0.29) is 0 Å². The number of rotatable bonds is 5. The van der Waals surface area contributed by atoms with Gasteiger partial charge in [0.1, 0.15) is 0 Å². The monoisotopic (exact) mass is 219 g/mol. The fourth-order valence-electron chi connectivity index (χ4n) is 2.25. The lowest BCUT2D eigenvalue weighted by atomic mass is 10.2. The second-order valence-corrected chi connectivity index (χ2v) is 4.66. The predicted molar refractivity (Wildman–Crippen MR) is 66.5 cm³/mol. The average Bonchev–Trinajstić information content (AvgIpc) is 2.81. The Morgan fingerprint density at radius 3 is 2.94 bits per heavy atom. The summed E-state index contributed by atoms with van der Waals surface area (Å²) in [6.45, 7) is 3.50. The number of hydrogen-bond acceptors (Lipinski definition) is 3. The SMILES string of the molecule is CN(CCc1ccncc1)CC1CCCN1. The van der Waals surface area contributed by atoms with E-state index < -0.39 is 0 Å². The van der Waals surface area contributed by atoms with Crippen LogP contribution in [0.3, 0.4) is 0 Å². The molecule has 88 valence electrons. The van der Waals surface area contributed by atoms with Crippen LogP contribution in [0.5, 0.6) is 0 Å². The van der Waals surface area contributed by atoms with Crippen molar-refractivity contribution < 1.29 is 0 Å². The molecule has 1 N–H and O–H groups in total. The molecule has 16 heavy (non-hydrogen) atoms. The molecule has 1 unspecified atom stereocenters. The van der Waals surface area contributed by atoms with E-state index in [1.165, 1.54) is 31.5 Å². The molecule has 1 aromatic heterocycles. The van der Waals surface area contributed by atoms with Crippen LogP contribution in [0.1, 0.15) is 18.4 Å². The first-order valence-corrected chi connectivity index (χ1v) is 6.15. The Balaban J connectivity index is 1.69. The van der Waals surface area contributed by atoms with Crippen molar-refractivity contribution in [2.45, 2.75) is 25.3 Å². The molecule has 0 saturated carbocycles. The molecular formula is C13H21N3. The summed E-state index contributed by atoms with van der Waals surface area (Å²) in [6.07, 6.45) is 7.52. The minimum absolute atomic E-state index is 0.711. The fraction of sp³-hybridized carbons (Fsp3) is 0.615. The summed E-state index contributed by atoms with van der Waals surface area (Å²) in [5, 5.41) is 3.53. The number of likely N-dealkylation sites (N-methyl/N-ethyl adjacent to an activating group) is 1. The average molecular weight is 219 g/mol. The molecule has 1 saturated heterocycles. The zero-order valence-electron chi connectivity index (χ0n) is 10.0. The van der Waals surface area contributed by atoms with Crippen molar-refractivity contribution in [2.24, 2.45) is 0 Å². The molecule has 1 aliphatic heterocycles. The van der Waals surface area contributed by atoms with Gasteiger partial charge >= 0.3 is 0 Å². The molecule has 1 fully saturated rings.